The van der Waals surface area contributed by atoms with Crippen LogP contribution in [0.1, 0.15) is 12.0 Å². The number of nitrogens with zero attached hydrogens (tertiary/aromatic N) is 5. The third kappa shape index (κ3) is 5.23. The van der Waals surface area contributed by atoms with Crippen LogP contribution in [0, 0.1) is 16.0 Å². The lowest BCUT2D eigenvalue weighted by Gasteiger charge is -2.49. The maximum absolute atomic E-state index is 13.4. The van der Waals surface area contributed by atoms with Crippen molar-refractivity contribution in [2.45, 2.75) is 18.9 Å². The minimum Gasteiger partial charge on any atom is -0.379 e. The van der Waals surface area contributed by atoms with Gasteiger partial charge in [-0.3, -0.25) is 19.8 Å². The van der Waals surface area contributed by atoms with Crippen LogP contribution in [0.4, 0.5) is 17.2 Å². The fourth-order valence-electron chi connectivity index (χ4n) is 5.44. The second-order valence-electron chi connectivity index (χ2n) is 9.37. The first-order valence-electron chi connectivity index (χ1n) is 12.4. The number of non-ortho nitro benzene ring substituents is 1. The Morgan fingerprint density at radius 2 is 2.03 bits per heavy atom. The summed E-state index contributed by atoms with van der Waals surface area (Å²) in [6.45, 7) is 7.15. The van der Waals surface area contributed by atoms with Crippen molar-refractivity contribution in [2.75, 3.05) is 68.8 Å². The van der Waals surface area contributed by atoms with E-state index in [9.17, 15) is 14.9 Å². The number of carbonyl (C=O) groups excluding carboxylic acids is 1. The summed E-state index contributed by atoms with van der Waals surface area (Å²) in [5.41, 5.74) is 1.94. The van der Waals surface area contributed by atoms with Gasteiger partial charge in [-0.25, -0.2) is 4.98 Å². The molecule has 3 aliphatic heterocycles. The highest BCUT2D eigenvalue weighted by atomic mass is 16.6. The fraction of sp³-hybridized carbons (Fsp3) is 0.520. The standard InChI is InChI=1S/C25H32N6O4/c32-25(27-8-3-9-28-12-14-35-15-13-28)21-17-19-16-20(31(33)34)5-6-22(19)30-11-10-29(18-23(21)30)24-4-1-2-7-26-24/h1-2,4-7,16,21,23H,3,8-15,17-18H2,(H,27,32)/t21-,23+/m0/s1. The molecule has 0 aliphatic carbocycles. The van der Waals surface area contributed by atoms with Crippen LogP contribution >= 0.6 is 0 Å². The van der Waals surface area contributed by atoms with E-state index in [1.807, 2.05) is 24.3 Å². The van der Waals surface area contributed by atoms with Gasteiger partial charge in [0.25, 0.3) is 5.69 Å². The monoisotopic (exact) mass is 480 g/mol. The van der Waals surface area contributed by atoms with E-state index < -0.39 is 0 Å². The topological polar surface area (TPSA) is 104 Å². The number of piperazine rings is 1. The smallest absolute Gasteiger partial charge is 0.269 e. The van der Waals surface area contributed by atoms with Crippen LogP contribution < -0.4 is 15.1 Å². The number of benzene rings is 1. The summed E-state index contributed by atoms with van der Waals surface area (Å²) in [5.74, 6) is 0.632. The summed E-state index contributed by atoms with van der Waals surface area (Å²) >= 11 is 0. The van der Waals surface area contributed by atoms with Crippen LogP contribution in [-0.4, -0.2) is 85.8 Å². The first-order valence-corrected chi connectivity index (χ1v) is 12.4. The quantitative estimate of drug-likeness (QED) is 0.363. The number of nitro groups is 1. The predicted molar refractivity (Wildman–Crippen MR) is 133 cm³/mol. The zero-order valence-corrected chi connectivity index (χ0v) is 19.8. The largest absolute Gasteiger partial charge is 0.379 e. The number of amides is 1. The summed E-state index contributed by atoms with van der Waals surface area (Å²) in [6, 6.07) is 10.9. The van der Waals surface area contributed by atoms with Crippen molar-refractivity contribution in [3.8, 4) is 0 Å². The molecule has 0 unspecified atom stereocenters. The number of rotatable bonds is 7. The summed E-state index contributed by atoms with van der Waals surface area (Å²) in [5, 5.41) is 14.5. The number of anilines is 2. The molecule has 10 nitrogen and oxygen atoms in total. The SMILES string of the molecule is O=C(NCCCN1CCOCC1)[C@H]1Cc2cc([N+](=O)[O-])ccc2N2CCN(c3ccccn3)C[C@H]12. The van der Waals surface area contributed by atoms with Crippen molar-refractivity contribution in [3.63, 3.8) is 0 Å². The van der Waals surface area contributed by atoms with Crippen LogP contribution in [0.2, 0.25) is 0 Å². The lowest BCUT2D eigenvalue weighted by atomic mass is 9.83. The number of morpholine rings is 1. The van der Waals surface area contributed by atoms with Gasteiger partial charge in [-0.2, -0.15) is 0 Å². The van der Waals surface area contributed by atoms with Gasteiger partial charge in [0.1, 0.15) is 5.82 Å². The molecule has 186 valence electrons. The lowest BCUT2D eigenvalue weighted by molar-refractivity contribution is -0.384. The first-order chi connectivity index (χ1) is 17.1. The van der Waals surface area contributed by atoms with Crippen molar-refractivity contribution < 1.29 is 14.5 Å². The summed E-state index contributed by atoms with van der Waals surface area (Å²) in [4.78, 5) is 35.8. The molecule has 1 aromatic carbocycles. The highest BCUT2D eigenvalue weighted by Gasteiger charge is 2.42. The number of pyridine rings is 1. The summed E-state index contributed by atoms with van der Waals surface area (Å²) < 4.78 is 5.40. The highest BCUT2D eigenvalue weighted by Crippen LogP contribution is 2.38. The van der Waals surface area contributed by atoms with E-state index in [1.54, 1.807) is 18.3 Å². The van der Waals surface area contributed by atoms with Crippen LogP contribution in [0.3, 0.4) is 0 Å². The number of ether oxygens (including phenoxy) is 1. The van der Waals surface area contributed by atoms with Gasteiger partial charge in [-0.1, -0.05) is 6.07 Å². The van der Waals surface area contributed by atoms with Gasteiger partial charge in [0.05, 0.1) is 30.1 Å². The van der Waals surface area contributed by atoms with Crippen LogP contribution in [0.25, 0.3) is 0 Å². The van der Waals surface area contributed by atoms with E-state index in [0.29, 0.717) is 19.5 Å². The third-order valence-electron chi connectivity index (χ3n) is 7.27. The molecular weight excluding hydrogens is 448 g/mol. The molecule has 2 fully saturated rings. The molecule has 0 spiro atoms. The number of nitro benzene ring substituents is 1. The van der Waals surface area contributed by atoms with Gasteiger partial charge >= 0.3 is 0 Å². The van der Waals surface area contributed by atoms with E-state index in [1.165, 1.54) is 0 Å². The van der Waals surface area contributed by atoms with Gasteiger partial charge in [-0.15, -0.1) is 0 Å². The van der Waals surface area contributed by atoms with E-state index in [4.69, 9.17) is 4.74 Å². The third-order valence-corrected chi connectivity index (χ3v) is 7.27. The number of hydrogen-bond donors (Lipinski definition) is 1. The normalized spacial score (nSPS) is 22.3. The molecule has 2 atom stereocenters. The molecule has 4 heterocycles. The van der Waals surface area contributed by atoms with Gasteiger partial charge in [-0.05, 0) is 43.1 Å². The Morgan fingerprint density at radius 1 is 1.17 bits per heavy atom. The fourth-order valence-corrected chi connectivity index (χ4v) is 5.44. The van der Waals surface area contributed by atoms with Crippen molar-refractivity contribution >= 4 is 23.1 Å². The van der Waals surface area contributed by atoms with Crippen LogP contribution in [-0.2, 0) is 16.0 Å². The average Bonchev–Trinajstić information content (AvgIpc) is 2.91. The Labute approximate surface area is 205 Å². The summed E-state index contributed by atoms with van der Waals surface area (Å²) in [6.07, 6.45) is 3.16. The Balaban J connectivity index is 1.31. The van der Waals surface area contributed by atoms with E-state index in [2.05, 4.69) is 25.0 Å². The second-order valence-corrected chi connectivity index (χ2v) is 9.37. The lowest BCUT2D eigenvalue weighted by Crippen LogP contribution is -2.61. The molecule has 1 N–H and O–H groups in total. The zero-order valence-electron chi connectivity index (χ0n) is 19.8. The zero-order chi connectivity index (χ0) is 24.2. The van der Waals surface area contributed by atoms with Crippen LogP contribution in [0.15, 0.2) is 42.6 Å². The molecule has 3 aliphatic rings. The Bertz CT molecular complexity index is 1050. The molecule has 5 rings (SSSR count). The highest BCUT2D eigenvalue weighted by molar-refractivity contribution is 5.82. The Kier molecular flexibility index (Phi) is 7.10. The molecule has 0 radical (unpaired) electrons. The van der Waals surface area contributed by atoms with Gasteiger partial charge < -0.3 is 19.9 Å². The van der Waals surface area contributed by atoms with Gasteiger partial charge in [0.2, 0.25) is 5.91 Å². The Morgan fingerprint density at radius 3 is 2.80 bits per heavy atom. The molecule has 0 bridgehead atoms. The van der Waals surface area contributed by atoms with Crippen molar-refractivity contribution in [1.29, 1.82) is 0 Å². The maximum atomic E-state index is 13.4. The van der Waals surface area contributed by atoms with Gasteiger partial charge in [0, 0.05) is 63.3 Å². The maximum Gasteiger partial charge on any atom is 0.269 e. The Hall–Kier alpha value is -3.24. The molecule has 2 aromatic rings. The number of carbonyl (C=O) groups is 1. The number of fused-ring (bicyclic) bond motifs is 3. The van der Waals surface area contributed by atoms with E-state index in [0.717, 1.165) is 69.4 Å². The molecule has 10 heteroatoms. The average molecular weight is 481 g/mol. The molecular formula is C25H32N6O4. The minimum atomic E-state index is -0.369. The number of hydrogen-bond acceptors (Lipinski definition) is 8. The molecule has 0 saturated carbocycles. The first kappa shape index (κ1) is 23.5. The number of aromatic nitrogens is 1. The van der Waals surface area contributed by atoms with Crippen molar-refractivity contribution in [1.82, 2.24) is 15.2 Å². The molecule has 1 amide bonds. The van der Waals surface area contributed by atoms with Crippen molar-refractivity contribution in [2.24, 2.45) is 5.92 Å². The molecule has 1 aromatic heterocycles. The van der Waals surface area contributed by atoms with E-state index in [-0.39, 0.29) is 28.5 Å². The van der Waals surface area contributed by atoms with Gasteiger partial charge in [0.15, 0.2) is 0 Å². The van der Waals surface area contributed by atoms with E-state index >= 15 is 0 Å². The molecule has 35 heavy (non-hydrogen) atoms. The summed E-state index contributed by atoms with van der Waals surface area (Å²) in [7, 11) is 0. The van der Waals surface area contributed by atoms with Crippen molar-refractivity contribution in [3.05, 3.63) is 58.3 Å². The van der Waals surface area contributed by atoms with Crippen LogP contribution in [0.5, 0.6) is 0 Å². The molecule has 2 saturated heterocycles. The minimum absolute atomic E-state index is 0.0157. The number of nitrogens with one attached hydrogen (secondary N) is 1. The predicted octanol–water partition coefficient (Wildman–Crippen LogP) is 1.70. The second kappa shape index (κ2) is 10.6.